The van der Waals surface area contributed by atoms with E-state index < -0.39 is 0 Å². The van der Waals surface area contributed by atoms with Gasteiger partial charge in [0.1, 0.15) is 0 Å². The third-order valence-electron chi connectivity index (χ3n) is 7.45. The molecule has 0 heterocycles. The van der Waals surface area contributed by atoms with Crippen LogP contribution in [0.5, 0.6) is 0 Å². The molecule has 3 aliphatic carbocycles. The maximum atomic E-state index is 3.99. The SMILES string of the molecule is C=CCCC1C(C2CCC(Br)CC2)CC2CCCCC2[C@H]1C. The van der Waals surface area contributed by atoms with Crippen LogP contribution >= 0.6 is 15.9 Å². The molecule has 126 valence electrons. The van der Waals surface area contributed by atoms with Gasteiger partial charge in [-0.1, -0.05) is 48.2 Å². The molecule has 3 fully saturated rings. The molecule has 3 saturated carbocycles. The topological polar surface area (TPSA) is 0 Å². The Kier molecular flexibility index (Phi) is 6.09. The first-order valence-corrected chi connectivity index (χ1v) is 10.9. The summed E-state index contributed by atoms with van der Waals surface area (Å²) in [6.07, 6.45) is 18.2. The number of allylic oxidation sites excluding steroid dienone is 1. The maximum absolute atomic E-state index is 3.99. The van der Waals surface area contributed by atoms with Gasteiger partial charge in [-0.2, -0.15) is 0 Å². The summed E-state index contributed by atoms with van der Waals surface area (Å²) in [7, 11) is 0. The van der Waals surface area contributed by atoms with Crippen LogP contribution in [-0.4, -0.2) is 4.83 Å². The minimum absolute atomic E-state index is 0.804. The molecule has 4 unspecified atom stereocenters. The van der Waals surface area contributed by atoms with Crippen LogP contribution in [0.2, 0.25) is 0 Å². The molecule has 0 amide bonds. The van der Waals surface area contributed by atoms with Gasteiger partial charge < -0.3 is 0 Å². The van der Waals surface area contributed by atoms with Crippen molar-refractivity contribution in [2.75, 3.05) is 0 Å². The van der Waals surface area contributed by atoms with E-state index >= 15 is 0 Å². The summed E-state index contributed by atoms with van der Waals surface area (Å²) in [6.45, 7) is 6.60. The van der Waals surface area contributed by atoms with Crippen molar-refractivity contribution in [3.8, 4) is 0 Å². The van der Waals surface area contributed by atoms with Crippen LogP contribution in [0.15, 0.2) is 12.7 Å². The summed E-state index contributed by atoms with van der Waals surface area (Å²) >= 11 is 3.85. The zero-order valence-electron chi connectivity index (χ0n) is 14.5. The van der Waals surface area contributed by atoms with Crippen molar-refractivity contribution in [3.63, 3.8) is 0 Å². The third kappa shape index (κ3) is 3.65. The lowest BCUT2D eigenvalue weighted by molar-refractivity contribution is -0.0160. The van der Waals surface area contributed by atoms with Crippen molar-refractivity contribution in [1.29, 1.82) is 0 Å². The molecular formula is C21H35Br. The minimum atomic E-state index is 0.804. The van der Waals surface area contributed by atoms with Gasteiger partial charge in [-0.05, 0) is 86.9 Å². The predicted octanol–water partition coefficient (Wildman–Crippen LogP) is 6.98. The summed E-state index contributed by atoms with van der Waals surface area (Å²) < 4.78 is 0. The van der Waals surface area contributed by atoms with E-state index in [0.717, 1.165) is 40.3 Å². The zero-order valence-corrected chi connectivity index (χ0v) is 16.1. The summed E-state index contributed by atoms with van der Waals surface area (Å²) in [5.74, 6) is 6.10. The molecule has 0 aromatic carbocycles. The van der Waals surface area contributed by atoms with Crippen LogP contribution in [0.25, 0.3) is 0 Å². The largest absolute Gasteiger partial charge is 0.103 e. The summed E-state index contributed by atoms with van der Waals surface area (Å²) in [5, 5.41) is 0. The van der Waals surface area contributed by atoms with Crippen molar-refractivity contribution in [2.45, 2.75) is 82.4 Å². The first kappa shape index (κ1) is 17.1. The summed E-state index contributed by atoms with van der Waals surface area (Å²) in [5.41, 5.74) is 0. The third-order valence-corrected chi connectivity index (χ3v) is 8.37. The normalized spacial score (nSPS) is 46.0. The quantitative estimate of drug-likeness (QED) is 0.371. The Bertz CT molecular complexity index is 355. The molecule has 5 atom stereocenters. The highest BCUT2D eigenvalue weighted by atomic mass is 79.9. The van der Waals surface area contributed by atoms with Gasteiger partial charge >= 0.3 is 0 Å². The smallest absolute Gasteiger partial charge is 0.0146 e. The second kappa shape index (κ2) is 7.86. The lowest BCUT2D eigenvalue weighted by Gasteiger charge is -2.51. The number of halogens is 1. The van der Waals surface area contributed by atoms with Crippen LogP contribution in [0, 0.1) is 35.5 Å². The van der Waals surface area contributed by atoms with E-state index in [1.165, 1.54) is 64.2 Å². The van der Waals surface area contributed by atoms with E-state index in [9.17, 15) is 0 Å². The lowest BCUT2D eigenvalue weighted by atomic mass is 9.54. The standard InChI is InChI=1S/C21H35Br/c1-3-4-8-20-15(2)19-9-6-5-7-17(19)14-21(20)16-10-12-18(22)13-11-16/h3,15-21H,1,4-14H2,2H3/t15-,16?,17?,18?,19?,20?,21?/m1/s1. The molecule has 0 saturated heterocycles. The first-order valence-electron chi connectivity index (χ1n) is 9.95. The first-order chi connectivity index (χ1) is 10.7. The average Bonchev–Trinajstić information content (AvgIpc) is 2.55. The molecule has 3 aliphatic rings. The fourth-order valence-electron chi connectivity index (χ4n) is 6.29. The van der Waals surface area contributed by atoms with Gasteiger partial charge in [0.2, 0.25) is 0 Å². The predicted molar refractivity (Wildman–Crippen MR) is 100 cm³/mol. The summed E-state index contributed by atoms with van der Waals surface area (Å²) in [4.78, 5) is 0.804. The average molecular weight is 367 g/mol. The van der Waals surface area contributed by atoms with Crippen molar-refractivity contribution in [3.05, 3.63) is 12.7 Å². The van der Waals surface area contributed by atoms with Crippen molar-refractivity contribution < 1.29 is 0 Å². The number of alkyl halides is 1. The van der Waals surface area contributed by atoms with E-state index in [2.05, 4.69) is 35.5 Å². The molecule has 0 N–H and O–H groups in total. The van der Waals surface area contributed by atoms with Crippen LogP contribution in [0.1, 0.15) is 77.6 Å². The zero-order chi connectivity index (χ0) is 15.5. The minimum Gasteiger partial charge on any atom is -0.103 e. The van der Waals surface area contributed by atoms with E-state index in [1.54, 1.807) is 6.42 Å². The Morgan fingerprint density at radius 3 is 2.41 bits per heavy atom. The summed E-state index contributed by atoms with van der Waals surface area (Å²) in [6, 6.07) is 0. The number of hydrogen-bond acceptors (Lipinski definition) is 0. The van der Waals surface area contributed by atoms with Crippen molar-refractivity contribution >= 4 is 15.9 Å². The molecular weight excluding hydrogens is 332 g/mol. The molecule has 0 aromatic rings. The van der Waals surface area contributed by atoms with Crippen LogP contribution in [0.3, 0.4) is 0 Å². The Morgan fingerprint density at radius 1 is 0.955 bits per heavy atom. The van der Waals surface area contributed by atoms with Crippen LogP contribution in [0.4, 0.5) is 0 Å². The fourth-order valence-corrected chi connectivity index (χ4v) is 6.82. The Balaban J connectivity index is 1.73. The van der Waals surface area contributed by atoms with E-state index in [0.29, 0.717) is 0 Å². The van der Waals surface area contributed by atoms with E-state index in [4.69, 9.17) is 0 Å². The number of rotatable bonds is 4. The van der Waals surface area contributed by atoms with Gasteiger partial charge in [0.15, 0.2) is 0 Å². The van der Waals surface area contributed by atoms with Gasteiger partial charge in [-0.15, -0.1) is 6.58 Å². The highest BCUT2D eigenvalue weighted by Gasteiger charge is 2.45. The molecule has 0 spiro atoms. The second-order valence-electron chi connectivity index (χ2n) is 8.51. The molecule has 3 rings (SSSR count). The second-order valence-corrected chi connectivity index (χ2v) is 9.80. The molecule has 0 nitrogen and oxygen atoms in total. The van der Waals surface area contributed by atoms with Crippen molar-refractivity contribution in [2.24, 2.45) is 35.5 Å². The van der Waals surface area contributed by atoms with Gasteiger partial charge in [0.25, 0.3) is 0 Å². The van der Waals surface area contributed by atoms with E-state index in [-0.39, 0.29) is 0 Å². The van der Waals surface area contributed by atoms with Crippen LogP contribution < -0.4 is 0 Å². The Labute approximate surface area is 146 Å². The number of fused-ring (bicyclic) bond motifs is 1. The molecule has 0 aliphatic heterocycles. The van der Waals surface area contributed by atoms with Gasteiger partial charge in [0.05, 0.1) is 0 Å². The van der Waals surface area contributed by atoms with Gasteiger partial charge in [-0.3, -0.25) is 0 Å². The molecule has 22 heavy (non-hydrogen) atoms. The van der Waals surface area contributed by atoms with Gasteiger partial charge in [0, 0.05) is 4.83 Å². The number of hydrogen-bond donors (Lipinski definition) is 0. The maximum Gasteiger partial charge on any atom is 0.0146 e. The Morgan fingerprint density at radius 2 is 1.68 bits per heavy atom. The molecule has 0 aromatic heterocycles. The Hall–Kier alpha value is 0.220. The molecule has 0 bridgehead atoms. The molecule has 1 heteroatoms. The molecule has 0 radical (unpaired) electrons. The fraction of sp³-hybridized carbons (Fsp3) is 0.905. The van der Waals surface area contributed by atoms with Crippen LogP contribution in [-0.2, 0) is 0 Å². The highest BCUT2D eigenvalue weighted by Crippen LogP contribution is 2.54. The van der Waals surface area contributed by atoms with Crippen molar-refractivity contribution in [1.82, 2.24) is 0 Å². The monoisotopic (exact) mass is 366 g/mol. The van der Waals surface area contributed by atoms with E-state index in [1.807, 2.05) is 0 Å². The highest BCUT2D eigenvalue weighted by molar-refractivity contribution is 9.09. The van der Waals surface area contributed by atoms with Gasteiger partial charge in [-0.25, -0.2) is 0 Å². The lowest BCUT2D eigenvalue weighted by Crippen LogP contribution is -2.43.